The van der Waals surface area contributed by atoms with Gasteiger partial charge in [-0.3, -0.25) is 14.7 Å². The number of hydrogen-bond donors (Lipinski definition) is 2. The number of unbranched alkanes of at least 4 members (excludes halogenated alkanes) is 1. The van der Waals surface area contributed by atoms with Gasteiger partial charge in [0, 0.05) is 56.4 Å². The zero-order valence-corrected chi connectivity index (χ0v) is 24.3. The van der Waals surface area contributed by atoms with Gasteiger partial charge in [-0.1, -0.05) is 32.1 Å². The SMILES string of the molecule is C=C/C(=C\N=C(C)C(C)(F)F)C(CNC(=O)c1cccc2nc(NC3CCOCC3)ccc12)N(CCF)CCCC. The van der Waals surface area contributed by atoms with Crippen LogP contribution < -0.4 is 10.6 Å². The van der Waals surface area contributed by atoms with Crippen LogP contribution in [-0.2, 0) is 4.74 Å². The second-order valence-corrected chi connectivity index (χ2v) is 10.3. The van der Waals surface area contributed by atoms with Crippen LogP contribution in [0, 0.1) is 0 Å². The number of aromatic nitrogens is 1. The standard InChI is InChI=1S/C31H42F3N5O2/c1-5-7-16-39(17-15-32)28(23(6-2)20-35-22(3)31(4,33)34)21-36-30(40)26-9-8-10-27-25(26)11-12-29(38-27)37-24-13-18-41-19-14-24/h6,8-12,20,24,28H,2,5,7,13-19,21H2,1,3-4H3,(H,36,40)(H,37,38)/b23-20+,35-22?. The highest BCUT2D eigenvalue weighted by Gasteiger charge is 2.26. The molecule has 41 heavy (non-hydrogen) atoms. The van der Waals surface area contributed by atoms with Crippen molar-refractivity contribution in [1.29, 1.82) is 0 Å². The predicted molar refractivity (Wildman–Crippen MR) is 160 cm³/mol. The molecule has 1 saturated heterocycles. The number of nitrogens with zero attached hydrogens (tertiary/aromatic N) is 3. The second-order valence-electron chi connectivity index (χ2n) is 10.3. The fraction of sp³-hybridized carbons (Fsp3) is 0.516. The van der Waals surface area contributed by atoms with Crippen molar-refractivity contribution in [3.63, 3.8) is 0 Å². The lowest BCUT2D eigenvalue weighted by Crippen LogP contribution is -2.46. The lowest BCUT2D eigenvalue weighted by molar-refractivity contribution is 0.0903. The number of alkyl halides is 3. The maximum absolute atomic E-state index is 13.7. The number of carbonyl (C=O) groups is 1. The molecule has 1 atom stereocenters. The quantitative estimate of drug-likeness (QED) is 0.197. The van der Waals surface area contributed by atoms with Gasteiger partial charge < -0.3 is 15.4 Å². The van der Waals surface area contributed by atoms with Gasteiger partial charge in [-0.05, 0) is 62.6 Å². The number of hydrogen-bond acceptors (Lipinski definition) is 6. The fourth-order valence-electron chi connectivity index (χ4n) is 4.68. The van der Waals surface area contributed by atoms with Gasteiger partial charge in [0.05, 0.1) is 17.3 Å². The Bertz CT molecular complexity index is 1220. The van der Waals surface area contributed by atoms with Crippen molar-refractivity contribution in [3.05, 3.63) is 60.3 Å². The van der Waals surface area contributed by atoms with Gasteiger partial charge in [-0.15, -0.1) is 0 Å². The van der Waals surface area contributed by atoms with E-state index in [4.69, 9.17) is 9.72 Å². The molecular formula is C31H42F3N5O2. The van der Waals surface area contributed by atoms with E-state index in [2.05, 4.69) is 22.2 Å². The number of rotatable bonds is 15. The summed E-state index contributed by atoms with van der Waals surface area (Å²) in [6.45, 7) is 9.57. The molecule has 7 nitrogen and oxygen atoms in total. The Morgan fingerprint density at radius 3 is 2.68 bits per heavy atom. The van der Waals surface area contributed by atoms with Gasteiger partial charge in [0.15, 0.2) is 0 Å². The number of benzene rings is 1. The molecule has 0 saturated carbocycles. The molecule has 3 rings (SSSR count). The van der Waals surface area contributed by atoms with Crippen LogP contribution in [0.15, 0.2) is 59.8 Å². The molecule has 2 N–H and O–H groups in total. The molecule has 1 aliphatic heterocycles. The number of pyridine rings is 1. The van der Waals surface area contributed by atoms with Crippen LogP contribution in [0.3, 0.4) is 0 Å². The summed E-state index contributed by atoms with van der Waals surface area (Å²) >= 11 is 0. The van der Waals surface area contributed by atoms with E-state index in [0.29, 0.717) is 34.6 Å². The molecule has 1 fully saturated rings. The van der Waals surface area contributed by atoms with Crippen LogP contribution in [0.1, 0.15) is 56.8 Å². The van der Waals surface area contributed by atoms with E-state index in [0.717, 1.165) is 51.6 Å². The molecule has 2 heterocycles. The van der Waals surface area contributed by atoms with Crippen molar-refractivity contribution in [2.24, 2.45) is 4.99 Å². The fourth-order valence-corrected chi connectivity index (χ4v) is 4.68. The van der Waals surface area contributed by atoms with Gasteiger partial charge in [0.1, 0.15) is 12.5 Å². The summed E-state index contributed by atoms with van der Waals surface area (Å²) in [7, 11) is 0. The maximum Gasteiger partial charge on any atom is 0.282 e. The molecule has 2 aromatic rings. The van der Waals surface area contributed by atoms with Crippen LogP contribution >= 0.6 is 0 Å². The van der Waals surface area contributed by atoms with E-state index in [1.54, 1.807) is 12.1 Å². The molecule has 224 valence electrons. The number of aliphatic imine (C=N–C) groups is 1. The summed E-state index contributed by atoms with van der Waals surface area (Å²) in [4.78, 5) is 24.0. The normalized spacial score (nSPS) is 16.2. The predicted octanol–water partition coefficient (Wildman–Crippen LogP) is 6.18. The van der Waals surface area contributed by atoms with Crippen LogP contribution in [-0.4, -0.2) is 79.0 Å². The number of fused-ring (bicyclic) bond motifs is 1. The smallest absolute Gasteiger partial charge is 0.282 e. The van der Waals surface area contributed by atoms with Crippen molar-refractivity contribution in [2.45, 2.75) is 64.5 Å². The van der Waals surface area contributed by atoms with Gasteiger partial charge in [-0.25, -0.2) is 18.2 Å². The monoisotopic (exact) mass is 573 g/mol. The van der Waals surface area contributed by atoms with E-state index in [-0.39, 0.29) is 24.7 Å². The number of amides is 1. The van der Waals surface area contributed by atoms with Gasteiger partial charge in [0.2, 0.25) is 0 Å². The highest BCUT2D eigenvalue weighted by molar-refractivity contribution is 6.06. The van der Waals surface area contributed by atoms with E-state index >= 15 is 0 Å². The largest absolute Gasteiger partial charge is 0.381 e. The molecule has 0 radical (unpaired) electrons. The van der Waals surface area contributed by atoms with Crippen molar-refractivity contribution >= 4 is 28.3 Å². The first-order valence-electron chi connectivity index (χ1n) is 14.2. The summed E-state index contributed by atoms with van der Waals surface area (Å²) in [6.07, 6.45) is 6.38. The molecule has 1 aromatic carbocycles. The number of ether oxygens (including phenoxy) is 1. The topological polar surface area (TPSA) is 78.8 Å². The Hall–Kier alpha value is -3.24. The molecule has 1 aliphatic rings. The zero-order valence-electron chi connectivity index (χ0n) is 24.3. The van der Waals surface area contributed by atoms with Gasteiger partial charge in [0.25, 0.3) is 11.8 Å². The molecule has 0 aliphatic carbocycles. The lowest BCUT2D eigenvalue weighted by Gasteiger charge is -2.32. The number of nitrogens with one attached hydrogen (secondary N) is 2. The molecular weight excluding hydrogens is 531 g/mol. The van der Waals surface area contributed by atoms with Crippen LogP contribution in [0.25, 0.3) is 10.9 Å². The minimum Gasteiger partial charge on any atom is -0.381 e. The Balaban J connectivity index is 1.84. The number of halogens is 3. The van der Waals surface area contributed by atoms with Crippen LogP contribution in [0.5, 0.6) is 0 Å². The third-order valence-corrected chi connectivity index (χ3v) is 7.28. The molecule has 1 unspecified atom stereocenters. The third-order valence-electron chi connectivity index (χ3n) is 7.28. The van der Waals surface area contributed by atoms with Crippen LogP contribution in [0.4, 0.5) is 19.0 Å². The highest BCUT2D eigenvalue weighted by Crippen LogP contribution is 2.22. The van der Waals surface area contributed by atoms with Crippen molar-refractivity contribution in [3.8, 4) is 0 Å². The summed E-state index contributed by atoms with van der Waals surface area (Å²) in [5, 5.41) is 7.13. The first-order chi connectivity index (χ1) is 19.7. The molecule has 10 heteroatoms. The Labute approximate surface area is 241 Å². The van der Waals surface area contributed by atoms with E-state index < -0.39 is 18.6 Å². The zero-order chi connectivity index (χ0) is 29.8. The third kappa shape index (κ3) is 9.39. The average Bonchev–Trinajstić information content (AvgIpc) is 2.96. The van der Waals surface area contributed by atoms with Gasteiger partial charge >= 0.3 is 0 Å². The van der Waals surface area contributed by atoms with E-state index in [1.807, 2.05) is 30.0 Å². The Kier molecular flexibility index (Phi) is 12.3. The second kappa shape index (κ2) is 15.7. The van der Waals surface area contributed by atoms with Crippen molar-refractivity contribution in [1.82, 2.24) is 15.2 Å². The molecule has 0 spiro atoms. The molecule has 0 bridgehead atoms. The summed E-state index contributed by atoms with van der Waals surface area (Å²) in [6, 6.07) is 8.91. The van der Waals surface area contributed by atoms with Gasteiger partial charge in [-0.2, -0.15) is 0 Å². The lowest BCUT2D eigenvalue weighted by atomic mass is 10.0. The molecule has 1 amide bonds. The minimum absolute atomic E-state index is 0.116. The first-order valence-corrected chi connectivity index (χ1v) is 14.2. The maximum atomic E-state index is 13.7. The van der Waals surface area contributed by atoms with Crippen molar-refractivity contribution in [2.75, 3.05) is 44.8 Å². The number of carbonyl (C=O) groups excluding carboxylic acids is 1. The Morgan fingerprint density at radius 1 is 1.27 bits per heavy atom. The van der Waals surface area contributed by atoms with E-state index in [9.17, 15) is 18.0 Å². The Morgan fingerprint density at radius 2 is 2.02 bits per heavy atom. The minimum atomic E-state index is -3.07. The van der Waals surface area contributed by atoms with Crippen molar-refractivity contribution < 1.29 is 22.7 Å². The average molecular weight is 574 g/mol. The highest BCUT2D eigenvalue weighted by atomic mass is 19.3. The summed E-state index contributed by atoms with van der Waals surface area (Å²) in [5.74, 6) is -2.64. The summed E-state index contributed by atoms with van der Waals surface area (Å²) in [5.41, 5.74) is 1.31. The molecule has 1 aromatic heterocycles. The number of anilines is 1. The van der Waals surface area contributed by atoms with E-state index in [1.165, 1.54) is 19.2 Å². The first kappa shape index (κ1) is 32.3. The van der Waals surface area contributed by atoms with Crippen LogP contribution in [0.2, 0.25) is 0 Å². The summed E-state index contributed by atoms with van der Waals surface area (Å²) < 4.78 is 46.4.